The summed E-state index contributed by atoms with van der Waals surface area (Å²) in [6, 6.07) is 0.155. The van der Waals surface area contributed by atoms with Crippen molar-refractivity contribution < 1.29 is 9.90 Å². The molecule has 1 fully saturated rings. The number of nitrogens with zero attached hydrogens (tertiary/aromatic N) is 1. The van der Waals surface area contributed by atoms with E-state index in [0.29, 0.717) is 6.54 Å². The third kappa shape index (κ3) is 2.08. The second kappa shape index (κ2) is 3.57. The van der Waals surface area contributed by atoms with Gasteiger partial charge in [-0.25, -0.2) is 4.79 Å². The average Bonchev–Trinajstić information content (AvgIpc) is 2.13. The maximum atomic E-state index is 10.6. The fourth-order valence-corrected chi connectivity index (χ4v) is 1.30. The molecule has 0 spiro atoms. The fourth-order valence-electron chi connectivity index (χ4n) is 1.30. The maximum Gasteiger partial charge on any atom is 0.407 e. The van der Waals surface area contributed by atoms with E-state index in [4.69, 9.17) is 5.11 Å². The van der Waals surface area contributed by atoms with Crippen molar-refractivity contribution in [1.82, 2.24) is 10.2 Å². The SMILES string of the molecule is C[C@@H]1CCNCCN1C(=O)O. The van der Waals surface area contributed by atoms with E-state index in [-0.39, 0.29) is 6.04 Å². The van der Waals surface area contributed by atoms with Crippen LogP contribution in [0.2, 0.25) is 0 Å². The van der Waals surface area contributed by atoms with Gasteiger partial charge in [0.25, 0.3) is 0 Å². The minimum absolute atomic E-state index is 0.155. The highest BCUT2D eigenvalue weighted by molar-refractivity contribution is 5.65. The van der Waals surface area contributed by atoms with Crippen LogP contribution in [0, 0.1) is 0 Å². The predicted octanol–water partition coefficient (Wildman–Crippen LogP) is 0.348. The highest BCUT2D eigenvalue weighted by atomic mass is 16.4. The van der Waals surface area contributed by atoms with Gasteiger partial charge in [-0.3, -0.25) is 0 Å². The first kappa shape index (κ1) is 8.33. The molecule has 64 valence electrons. The van der Waals surface area contributed by atoms with Crippen molar-refractivity contribution in [3.63, 3.8) is 0 Å². The Morgan fingerprint density at radius 1 is 1.64 bits per heavy atom. The summed E-state index contributed by atoms with van der Waals surface area (Å²) in [6.45, 7) is 4.25. The van der Waals surface area contributed by atoms with Crippen molar-refractivity contribution in [1.29, 1.82) is 0 Å². The molecule has 1 heterocycles. The molecule has 1 aliphatic rings. The van der Waals surface area contributed by atoms with Gasteiger partial charge < -0.3 is 15.3 Å². The Kier molecular flexibility index (Phi) is 2.70. The van der Waals surface area contributed by atoms with Crippen LogP contribution in [0.4, 0.5) is 4.79 Å². The van der Waals surface area contributed by atoms with E-state index in [0.717, 1.165) is 19.5 Å². The molecule has 4 nitrogen and oxygen atoms in total. The average molecular weight is 158 g/mol. The summed E-state index contributed by atoms with van der Waals surface area (Å²) in [5.74, 6) is 0. The molecular formula is C7H14N2O2. The monoisotopic (exact) mass is 158 g/mol. The van der Waals surface area contributed by atoms with Crippen molar-refractivity contribution in [2.75, 3.05) is 19.6 Å². The van der Waals surface area contributed by atoms with Crippen molar-refractivity contribution >= 4 is 6.09 Å². The van der Waals surface area contributed by atoms with E-state index in [1.54, 1.807) is 0 Å². The number of carbonyl (C=O) groups is 1. The first-order valence-corrected chi connectivity index (χ1v) is 3.92. The van der Waals surface area contributed by atoms with Gasteiger partial charge in [0.05, 0.1) is 0 Å². The zero-order valence-electron chi connectivity index (χ0n) is 6.71. The topological polar surface area (TPSA) is 52.6 Å². The van der Waals surface area contributed by atoms with Crippen molar-refractivity contribution in [2.45, 2.75) is 19.4 Å². The van der Waals surface area contributed by atoms with Gasteiger partial charge in [0, 0.05) is 19.1 Å². The van der Waals surface area contributed by atoms with E-state index in [1.807, 2.05) is 6.92 Å². The molecule has 1 rings (SSSR count). The molecule has 0 bridgehead atoms. The van der Waals surface area contributed by atoms with Gasteiger partial charge in [0.15, 0.2) is 0 Å². The van der Waals surface area contributed by atoms with Crippen LogP contribution in [0.15, 0.2) is 0 Å². The molecule has 0 aromatic rings. The number of amides is 1. The minimum atomic E-state index is -0.804. The second-order valence-electron chi connectivity index (χ2n) is 2.86. The fraction of sp³-hybridized carbons (Fsp3) is 0.857. The van der Waals surface area contributed by atoms with Gasteiger partial charge in [0.1, 0.15) is 0 Å². The number of rotatable bonds is 0. The summed E-state index contributed by atoms with van der Waals surface area (Å²) in [6.07, 6.45) is 0.105. The first-order valence-electron chi connectivity index (χ1n) is 3.92. The molecule has 4 heteroatoms. The molecule has 0 radical (unpaired) electrons. The second-order valence-corrected chi connectivity index (χ2v) is 2.86. The van der Waals surface area contributed by atoms with E-state index in [1.165, 1.54) is 4.90 Å². The quantitative estimate of drug-likeness (QED) is 0.534. The Morgan fingerprint density at radius 2 is 2.36 bits per heavy atom. The molecule has 1 saturated heterocycles. The van der Waals surface area contributed by atoms with Crippen molar-refractivity contribution in [3.05, 3.63) is 0 Å². The Bertz CT molecular complexity index is 149. The van der Waals surface area contributed by atoms with E-state index in [9.17, 15) is 4.79 Å². The third-order valence-corrected chi connectivity index (χ3v) is 2.05. The molecule has 0 unspecified atom stereocenters. The lowest BCUT2D eigenvalue weighted by Crippen LogP contribution is -2.38. The minimum Gasteiger partial charge on any atom is -0.465 e. The Balaban J connectivity index is 2.52. The number of hydrogen-bond donors (Lipinski definition) is 2. The lowest BCUT2D eigenvalue weighted by atomic mass is 10.2. The van der Waals surface area contributed by atoms with Crippen molar-refractivity contribution in [3.8, 4) is 0 Å². The third-order valence-electron chi connectivity index (χ3n) is 2.05. The van der Waals surface area contributed by atoms with Crippen LogP contribution < -0.4 is 5.32 Å². The zero-order valence-corrected chi connectivity index (χ0v) is 6.71. The van der Waals surface area contributed by atoms with Crippen LogP contribution in [0.5, 0.6) is 0 Å². The summed E-state index contributed by atoms with van der Waals surface area (Å²) >= 11 is 0. The molecular weight excluding hydrogens is 144 g/mol. The molecule has 0 saturated carbocycles. The summed E-state index contributed by atoms with van der Waals surface area (Å²) < 4.78 is 0. The Morgan fingerprint density at radius 3 is 3.00 bits per heavy atom. The number of hydrogen-bond acceptors (Lipinski definition) is 2. The van der Waals surface area contributed by atoms with Crippen LogP contribution >= 0.6 is 0 Å². The van der Waals surface area contributed by atoms with Crippen LogP contribution in [0.3, 0.4) is 0 Å². The van der Waals surface area contributed by atoms with Crippen LogP contribution in [0.25, 0.3) is 0 Å². The summed E-state index contributed by atoms with van der Waals surface area (Å²) in [5.41, 5.74) is 0. The van der Waals surface area contributed by atoms with E-state index >= 15 is 0 Å². The number of nitrogens with one attached hydrogen (secondary N) is 1. The Labute approximate surface area is 66.2 Å². The smallest absolute Gasteiger partial charge is 0.407 e. The van der Waals surface area contributed by atoms with Gasteiger partial charge in [-0.15, -0.1) is 0 Å². The van der Waals surface area contributed by atoms with Crippen LogP contribution in [0.1, 0.15) is 13.3 Å². The normalized spacial score (nSPS) is 26.3. The molecule has 0 aliphatic carbocycles. The Hall–Kier alpha value is -0.770. The standard InChI is InChI=1S/C7H14N2O2/c1-6-2-3-8-4-5-9(6)7(10)11/h6,8H,2-5H2,1H3,(H,10,11)/t6-/m1/s1. The number of carboxylic acid groups (broad SMARTS) is 1. The first-order chi connectivity index (χ1) is 5.22. The molecule has 11 heavy (non-hydrogen) atoms. The molecule has 2 N–H and O–H groups in total. The largest absolute Gasteiger partial charge is 0.465 e. The molecule has 1 aliphatic heterocycles. The van der Waals surface area contributed by atoms with Crippen molar-refractivity contribution in [2.24, 2.45) is 0 Å². The molecule has 0 aromatic carbocycles. The van der Waals surface area contributed by atoms with Gasteiger partial charge in [0.2, 0.25) is 0 Å². The summed E-state index contributed by atoms with van der Waals surface area (Å²) in [5, 5.41) is 11.9. The van der Waals surface area contributed by atoms with Gasteiger partial charge in [-0.05, 0) is 19.9 Å². The van der Waals surface area contributed by atoms with Gasteiger partial charge in [-0.2, -0.15) is 0 Å². The summed E-state index contributed by atoms with van der Waals surface area (Å²) in [7, 11) is 0. The molecule has 1 amide bonds. The lowest BCUT2D eigenvalue weighted by molar-refractivity contribution is 0.131. The highest BCUT2D eigenvalue weighted by Crippen LogP contribution is 2.05. The lowest BCUT2D eigenvalue weighted by Gasteiger charge is -2.22. The highest BCUT2D eigenvalue weighted by Gasteiger charge is 2.20. The zero-order chi connectivity index (χ0) is 8.27. The van der Waals surface area contributed by atoms with Gasteiger partial charge in [-0.1, -0.05) is 0 Å². The predicted molar refractivity (Wildman–Crippen MR) is 41.7 cm³/mol. The summed E-state index contributed by atoms with van der Waals surface area (Å²) in [4.78, 5) is 12.1. The van der Waals surface area contributed by atoms with Gasteiger partial charge >= 0.3 is 6.09 Å². The molecule has 1 atom stereocenters. The van der Waals surface area contributed by atoms with E-state index < -0.39 is 6.09 Å². The van der Waals surface area contributed by atoms with E-state index in [2.05, 4.69) is 5.32 Å². The maximum absolute atomic E-state index is 10.6. The van der Waals surface area contributed by atoms with Crippen LogP contribution in [-0.4, -0.2) is 41.8 Å². The molecule has 0 aromatic heterocycles. The van der Waals surface area contributed by atoms with Crippen LogP contribution in [-0.2, 0) is 0 Å².